The molecule has 0 saturated heterocycles. The third-order valence-corrected chi connectivity index (χ3v) is 2.10. The molecule has 0 spiro atoms. The molecule has 0 heterocycles. The zero-order valence-corrected chi connectivity index (χ0v) is 8.58. The van der Waals surface area contributed by atoms with Gasteiger partial charge in [0.05, 0.1) is 0 Å². The molecule has 3 heteroatoms. The average Bonchev–Trinajstić information content (AvgIpc) is 2.10. The van der Waals surface area contributed by atoms with E-state index in [0.29, 0.717) is 13.0 Å². The first-order valence-corrected chi connectivity index (χ1v) is 4.91. The predicted molar refractivity (Wildman–Crippen MR) is 51.6 cm³/mol. The number of aliphatic hydroxyl groups excluding tert-OH is 1. The Bertz CT molecular complexity index is 134. The first-order valence-electron chi connectivity index (χ1n) is 4.91. The molecule has 0 amide bonds. The molecular weight excluding hydrogens is 168 g/mol. The standard InChI is InChI=1S/C10H20O3/c1-3-13-8-4-5-10(6-7-11)9(2)12/h10-11H,3-8H2,1-2H3. The van der Waals surface area contributed by atoms with Crippen LogP contribution in [0, 0.1) is 5.92 Å². The Morgan fingerprint density at radius 3 is 2.62 bits per heavy atom. The molecule has 0 aliphatic heterocycles. The maximum Gasteiger partial charge on any atom is 0.132 e. The molecule has 0 aromatic carbocycles. The van der Waals surface area contributed by atoms with Crippen LogP contribution in [0.3, 0.4) is 0 Å². The van der Waals surface area contributed by atoms with Crippen molar-refractivity contribution < 1.29 is 14.6 Å². The van der Waals surface area contributed by atoms with Gasteiger partial charge in [-0.2, -0.15) is 0 Å². The van der Waals surface area contributed by atoms with Crippen LogP contribution < -0.4 is 0 Å². The van der Waals surface area contributed by atoms with E-state index in [2.05, 4.69) is 0 Å². The van der Waals surface area contributed by atoms with E-state index < -0.39 is 0 Å². The first kappa shape index (κ1) is 12.6. The Labute approximate surface area is 80.1 Å². The van der Waals surface area contributed by atoms with E-state index in [4.69, 9.17) is 9.84 Å². The number of ether oxygens (including phenoxy) is 1. The van der Waals surface area contributed by atoms with Gasteiger partial charge in [0.1, 0.15) is 5.78 Å². The van der Waals surface area contributed by atoms with E-state index in [1.807, 2.05) is 6.92 Å². The van der Waals surface area contributed by atoms with Gasteiger partial charge in [-0.1, -0.05) is 0 Å². The maximum atomic E-state index is 11.0. The Balaban J connectivity index is 3.51. The molecular formula is C10H20O3. The smallest absolute Gasteiger partial charge is 0.132 e. The lowest BCUT2D eigenvalue weighted by Gasteiger charge is -2.11. The van der Waals surface area contributed by atoms with Crippen molar-refractivity contribution in [1.29, 1.82) is 0 Å². The van der Waals surface area contributed by atoms with Gasteiger partial charge in [0.2, 0.25) is 0 Å². The Morgan fingerprint density at radius 1 is 1.46 bits per heavy atom. The number of aliphatic hydroxyl groups is 1. The summed E-state index contributed by atoms with van der Waals surface area (Å²) in [4.78, 5) is 11.0. The summed E-state index contributed by atoms with van der Waals surface area (Å²) in [6, 6.07) is 0. The van der Waals surface area contributed by atoms with Gasteiger partial charge in [0, 0.05) is 25.7 Å². The van der Waals surface area contributed by atoms with Crippen molar-refractivity contribution in [3.63, 3.8) is 0 Å². The summed E-state index contributed by atoms with van der Waals surface area (Å²) in [7, 11) is 0. The van der Waals surface area contributed by atoms with E-state index in [1.54, 1.807) is 6.92 Å². The highest BCUT2D eigenvalue weighted by Gasteiger charge is 2.12. The largest absolute Gasteiger partial charge is 0.396 e. The predicted octanol–water partition coefficient (Wildman–Crippen LogP) is 1.39. The number of hydrogen-bond donors (Lipinski definition) is 1. The summed E-state index contributed by atoms with van der Waals surface area (Å²) in [6.45, 7) is 5.08. The van der Waals surface area contributed by atoms with Crippen molar-refractivity contribution in [3.05, 3.63) is 0 Å². The molecule has 0 saturated carbocycles. The number of hydrogen-bond acceptors (Lipinski definition) is 3. The molecule has 1 atom stereocenters. The summed E-state index contributed by atoms with van der Waals surface area (Å²) in [5.74, 6) is 0.191. The molecule has 0 aliphatic carbocycles. The molecule has 1 N–H and O–H groups in total. The van der Waals surface area contributed by atoms with Crippen molar-refractivity contribution in [2.45, 2.75) is 33.1 Å². The molecule has 78 valence electrons. The zero-order chi connectivity index (χ0) is 10.1. The fraction of sp³-hybridized carbons (Fsp3) is 0.900. The quantitative estimate of drug-likeness (QED) is 0.585. The van der Waals surface area contributed by atoms with Gasteiger partial charge < -0.3 is 9.84 Å². The normalized spacial score (nSPS) is 12.8. The minimum atomic E-state index is 0.0189. The van der Waals surface area contributed by atoms with Crippen LogP contribution in [0.4, 0.5) is 0 Å². The first-order chi connectivity index (χ1) is 6.22. The van der Waals surface area contributed by atoms with Crippen LogP contribution in [0.15, 0.2) is 0 Å². The highest BCUT2D eigenvalue weighted by atomic mass is 16.5. The van der Waals surface area contributed by atoms with Gasteiger partial charge in [0.15, 0.2) is 0 Å². The monoisotopic (exact) mass is 188 g/mol. The maximum absolute atomic E-state index is 11.0. The Hall–Kier alpha value is -0.410. The van der Waals surface area contributed by atoms with Crippen molar-refractivity contribution in [2.75, 3.05) is 19.8 Å². The molecule has 1 unspecified atom stereocenters. The number of Topliss-reactive ketones (excluding diaryl/α,β-unsaturated/α-hetero) is 1. The zero-order valence-electron chi connectivity index (χ0n) is 8.58. The fourth-order valence-corrected chi connectivity index (χ4v) is 1.28. The van der Waals surface area contributed by atoms with Crippen molar-refractivity contribution in [2.24, 2.45) is 5.92 Å². The van der Waals surface area contributed by atoms with Crippen LogP contribution in [0.2, 0.25) is 0 Å². The second-order valence-corrected chi connectivity index (χ2v) is 3.16. The van der Waals surface area contributed by atoms with Gasteiger partial charge in [-0.05, 0) is 33.1 Å². The second kappa shape index (κ2) is 8.20. The van der Waals surface area contributed by atoms with Gasteiger partial charge in [-0.3, -0.25) is 4.79 Å². The summed E-state index contributed by atoms with van der Waals surface area (Å²) < 4.78 is 5.17. The van der Waals surface area contributed by atoms with E-state index in [1.165, 1.54) is 0 Å². The van der Waals surface area contributed by atoms with Crippen molar-refractivity contribution in [1.82, 2.24) is 0 Å². The van der Waals surface area contributed by atoms with Crippen molar-refractivity contribution >= 4 is 5.78 Å². The van der Waals surface area contributed by atoms with Gasteiger partial charge in [0.25, 0.3) is 0 Å². The third-order valence-electron chi connectivity index (χ3n) is 2.10. The van der Waals surface area contributed by atoms with Gasteiger partial charge >= 0.3 is 0 Å². The molecule has 0 aliphatic rings. The molecule has 0 bridgehead atoms. The van der Waals surface area contributed by atoms with Gasteiger partial charge in [-0.25, -0.2) is 0 Å². The fourth-order valence-electron chi connectivity index (χ4n) is 1.28. The molecule has 0 aromatic rings. The number of carbonyl (C=O) groups is 1. The lowest BCUT2D eigenvalue weighted by Crippen LogP contribution is -2.13. The van der Waals surface area contributed by atoms with Crippen LogP contribution in [0.5, 0.6) is 0 Å². The minimum Gasteiger partial charge on any atom is -0.396 e. The number of rotatable bonds is 8. The van der Waals surface area contributed by atoms with Crippen LogP contribution in [-0.2, 0) is 9.53 Å². The summed E-state index contributed by atoms with van der Waals surface area (Å²) in [5.41, 5.74) is 0. The van der Waals surface area contributed by atoms with Crippen LogP contribution >= 0.6 is 0 Å². The third kappa shape index (κ3) is 6.72. The van der Waals surface area contributed by atoms with Crippen molar-refractivity contribution in [3.8, 4) is 0 Å². The van der Waals surface area contributed by atoms with Crippen LogP contribution in [-0.4, -0.2) is 30.7 Å². The lowest BCUT2D eigenvalue weighted by atomic mass is 9.96. The SMILES string of the molecule is CCOCCCC(CCO)C(C)=O. The molecule has 0 rings (SSSR count). The Kier molecular flexibility index (Phi) is 7.94. The van der Waals surface area contributed by atoms with E-state index in [0.717, 1.165) is 19.4 Å². The van der Waals surface area contributed by atoms with Gasteiger partial charge in [-0.15, -0.1) is 0 Å². The lowest BCUT2D eigenvalue weighted by molar-refractivity contribution is -0.121. The Morgan fingerprint density at radius 2 is 2.15 bits per heavy atom. The van der Waals surface area contributed by atoms with E-state index in [9.17, 15) is 4.79 Å². The molecule has 0 fully saturated rings. The number of carbonyl (C=O) groups excluding carboxylic acids is 1. The molecule has 0 radical (unpaired) electrons. The summed E-state index contributed by atoms with van der Waals surface area (Å²) in [5, 5.41) is 8.70. The van der Waals surface area contributed by atoms with Crippen LogP contribution in [0.1, 0.15) is 33.1 Å². The van der Waals surface area contributed by atoms with E-state index in [-0.39, 0.29) is 18.3 Å². The molecule has 13 heavy (non-hydrogen) atoms. The highest BCUT2D eigenvalue weighted by molar-refractivity contribution is 5.78. The summed E-state index contributed by atoms with van der Waals surface area (Å²) >= 11 is 0. The average molecular weight is 188 g/mol. The van der Waals surface area contributed by atoms with E-state index >= 15 is 0 Å². The minimum absolute atomic E-state index is 0.0189. The molecule has 0 aromatic heterocycles. The topological polar surface area (TPSA) is 46.5 Å². The summed E-state index contributed by atoms with van der Waals surface area (Å²) in [6.07, 6.45) is 2.31. The molecule has 3 nitrogen and oxygen atoms in total. The second-order valence-electron chi connectivity index (χ2n) is 3.16. The van der Waals surface area contributed by atoms with Crippen LogP contribution in [0.25, 0.3) is 0 Å². The number of ketones is 1. The highest BCUT2D eigenvalue weighted by Crippen LogP contribution is 2.11.